The van der Waals surface area contributed by atoms with Crippen molar-refractivity contribution in [2.45, 2.75) is 31.8 Å². The lowest BCUT2D eigenvalue weighted by molar-refractivity contribution is -0.137. The predicted molar refractivity (Wildman–Crippen MR) is 116 cm³/mol. The van der Waals surface area contributed by atoms with Crippen molar-refractivity contribution in [3.8, 4) is 11.1 Å². The smallest absolute Gasteiger partial charge is 0.317 e. The molecule has 2 aromatic rings. The summed E-state index contributed by atoms with van der Waals surface area (Å²) in [5.74, 6) is -2.67. The fourth-order valence-corrected chi connectivity index (χ4v) is 4.93. The summed E-state index contributed by atoms with van der Waals surface area (Å²) in [5, 5.41) is 5.79. The number of morpholine rings is 1. The van der Waals surface area contributed by atoms with Crippen molar-refractivity contribution in [1.82, 2.24) is 15.5 Å². The molecule has 0 unspecified atom stereocenters. The van der Waals surface area contributed by atoms with Crippen molar-refractivity contribution in [2.24, 2.45) is 5.92 Å². The third kappa shape index (κ3) is 4.29. The zero-order valence-corrected chi connectivity index (χ0v) is 18.5. The van der Waals surface area contributed by atoms with Gasteiger partial charge in [-0.3, -0.25) is 4.79 Å². The minimum Gasteiger partial charge on any atom is -0.369 e. The molecule has 0 aliphatic carbocycles. The van der Waals surface area contributed by atoms with Crippen LogP contribution in [0.4, 0.5) is 18.0 Å². The second kappa shape index (κ2) is 9.05. The number of urea groups is 1. The molecule has 3 amide bonds. The summed E-state index contributed by atoms with van der Waals surface area (Å²) in [7, 11) is 0. The van der Waals surface area contributed by atoms with E-state index >= 15 is 4.39 Å². The largest absolute Gasteiger partial charge is 0.369 e. The van der Waals surface area contributed by atoms with Gasteiger partial charge in [-0.05, 0) is 36.6 Å². The number of amides is 3. The van der Waals surface area contributed by atoms with E-state index in [1.165, 1.54) is 6.07 Å². The fourth-order valence-electron chi connectivity index (χ4n) is 4.93. The van der Waals surface area contributed by atoms with E-state index in [1.54, 1.807) is 24.0 Å². The molecule has 2 heterocycles. The molecule has 0 radical (unpaired) electrons. The van der Waals surface area contributed by atoms with Crippen molar-refractivity contribution in [3.63, 3.8) is 0 Å². The second-order valence-corrected chi connectivity index (χ2v) is 8.63. The number of likely N-dealkylation sites (tertiary alicyclic amines) is 1. The van der Waals surface area contributed by atoms with Gasteiger partial charge in [0.25, 0.3) is 0 Å². The zero-order valence-electron chi connectivity index (χ0n) is 18.5. The van der Waals surface area contributed by atoms with Crippen LogP contribution in [0.1, 0.15) is 19.4 Å². The Kier molecular flexibility index (Phi) is 6.34. The monoisotopic (exact) mass is 461 g/mol. The average Bonchev–Trinajstić information content (AvgIpc) is 3.00. The van der Waals surface area contributed by atoms with Gasteiger partial charge in [-0.2, -0.15) is 0 Å². The number of nitrogens with one attached hydrogen (secondary N) is 2. The molecule has 0 aromatic heterocycles. The first-order valence-electron chi connectivity index (χ1n) is 10.9. The van der Waals surface area contributed by atoms with E-state index in [-0.39, 0.29) is 54.2 Å². The summed E-state index contributed by atoms with van der Waals surface area (Å²) in [6, 6.07) is 6.60. The van der Waals surface area contributed by atoms with E-state index in [0.29, 0.717) is 13.1 Å². The first-order chi connectivity index (χ1) is 15.7. The van der Waals surface area contributed by atoms with Crippen LogP contribution < -0.4 is 10.6 Å². The van der Waals surface area contributed by atoms with Crippen molar-refractivity contribution in [1.29, 1.82) is 0 Å². The minimum absolute atomic E-state index is 0.0551. The number of halogens is 3. The van der Waals surface area contributed by atoms with Crippen molar-refractivity contribution in [3.05, 3.63) is 59.4 Å². The van der Waals surface area contributed by atoms with E-state index in [4.69, 9.17) is 4.74 Å². The van der Waals surface area contributed by atoms with E-state index < -0.39 is 29.0 Å². The summed E-state index contributed by atoms with van der Waals surface area (Å²) in [6.07, 6.45) is 0.0859. The van der Waals surface area contributed by atoms with Gasteiger partial charge in [-0.15, -0.1) is 0 Å². The van der Waals surface area contributed by atoms with Crippen LogP contribution in [0.15, 0.2) is 36.4 Å². The molecule has 2 N–H and O–H groups in total. The third-order valence-corrected chi connectivity index (χ3v) is 6.52. The molecule has 6 nitrogen and oxygen atoms in total. The van der Waals surface area contributed by atoms with Crippen LogP contribution in [0.5, 0.6) is 0 Å². The van der Waals surface area contributed by atoms with Gasteiger partial charge in [-0.25, -0.2) is 18.0 Å². The third-order valence-electron chi connectivity index (χ3n) is 6.52. The highest BCUT2D eigenvalue weighted by Crippen LogP contribution is 2.38. The number of benzene rings is 2. The summed E-state index contributed by atoms with van der Waals surface area (Å²) in [6.45, 7) is 4.62. The summed E-state index contributed by atoms with van der Waals surface area (Å²) in [5.41, 5.74) is -0.478. The lowest BCUT2D eigenvalue weighted by Crippen LogP contribution is -2.66. The number of carbonyl (C=O) groups excluding carboxylic acids is 2. The maximum Gasteiger partial charge on any atom is 0.317 e. The molecule has 176 valence electrons. The Bertz CT molecular complexity index is 1060. The summed E-state index contributed by atoms with van der Waals surface area (Å²) >= 11 is 0. The molecule has 2 saturated heterocycles. The lowest BCUT2D eigenvalue weighted by atomic mass is 9.79. The quantitative estimate of drug-likeness (QED) is 0.735. The van der Waals surface area contributed by atoms with Gasteiger partial charge in [-0.1, -0.05) is 25.1 Å². The van der Waals surface area contributed by atoms with Gasteiger partial charge in [0.1, 0.15) is 24.1 Å². The van der Waals surface area contributed by atoms with Gasteiger partial charge >= 0.3 is 6.03 Å². The molecular formula is C24H26F3N3O3. The normalized spacial score (nSPS) is 24.8. The highest BCUT2D eigenvalue weighted by molar-refractivity contribution is 5.80. The summed E-state index contributed by atoms with van der Waals surface area (Å²) < 4.78 is 48.6. The number of rotatable bonds is 4. The van der Waals surface area contributed by atoms with Crippen molar-refractivity contribution < 1.29 is 27.5 Å². The molecule has 9 heteroatoms. The molecule has 2 fully saturated rings. The fraction of sp³-hybridized carbons (Fsp3) is 0.417. The molecule has 0 saturated carbocycles. The Hall–Kier alpha value is -3.07. The van der Waals surface area contributed by atoms with Gasteiger partial charge in [0.2, 0.25) is 5.91 Å². The zero-order chi connectivity index (χ0) is 23.8. The lowest BCUT2D eigenvalue weighted by Gasteiger charge is -2.43. The molecule has 2 aliphatic heterocycles. The molecule has 1 spiro atoms. The maximum atomic E-state index is 15.6. The Morgan fingerprint density at radius 1 is 1.24 bits per heavy atom. The SMILES string of the molecule is CCNC(=O)N1C[C@@H](C)[C@]2(COCC(=O)N2)[C@H]1Cc1cccc(-c2cc(F)cc(F)c2)c1F. The van der Waals surface area contributed by atoms with Crippen molar-refractivity contribution >= 4 is 11.9 Å². The van der Waals surface area contributed by atoms with Crippen LogP contribution in [-0.2, 0) is 16.0 Å². The van der Waals surface area contributed by atoms with E-state index in [1.807, 2.05) is 6.92 Å². The minimum atomic E-state index is -0.881. The molecule has 33 heavy (non-hydrogen) atoms. The van der Waals surface area contributed by atoms with Gasteiger partial charge in [0.05, 0.1) is 18.2 Å². The number of nitrogens with zero attached hydrogens (tertiary/aromatic N) is 1. The van der Waals surface area contributed by atoms with E-state index in [2.05, 4.69) is 10.6 Å². The van der Waals surface area contributed by atoms with Crippen LogP contribution >= 0.6 is 0 Å². The highest BCUT2D eigenvalue weighted by Gasteiger charge is 2.56. The van der Waals surface area contributed by atoms with E-state index in [9.17, 15) is 18.4 Å². The average molecular weight is 461 g/mol. The number of carbonyl (C=O) groups is 2. The van der Waals surface area contributed by atoms with Crippen LogP contribution in [-0.4, -0.2) is 54.7 Å². The van der Waals surface area contributed by atoms with Crippen LogP contribution in [0.25, 0.3) is 11.1 Å². The first kappa shape index (κ1) is 23.1. The Morgan fingerprint density at radius 3 is 2.64 bits per heavy atom. The maximum absolute atomic E-state index is 15.6. The van der Waals surface area contributed by atoms with Gasteiger partial charge < -0.3 is 20.3 Å². The Labute approximate surface area is 190 Å². The van der Waals surface area contributed by atoms with Crippen molar-refractivity contribution in [2.75, 3.05) is 26.3 Å². The molecule has 0 bridgehead atoms. The number of hydrogen-bond acceptors (Lipinski definition) is 3. The van der Waals surface area contributed by atoms with Gasteiger partial charge in [0.15, 0.2) is 0 Å². The molecule has 4 rings (SSSR count). The van der Waals surface area contributed by atoms with Gasteiger partial charge in [0, 0.05) is 30.6 Å². The first-order valence-corrected chi connectivity index (χ1v) is 10.9. The predicted octanol–water partition coefficient (Wildman–Crippen LogP) is 3.25. The van der Waals surface area contributed by atoms with Crippen LogP contribution in [0, 0.1) is 23.4 Å². The number of hydrogen-bond donors (Lipinski definition) is 2. The summed E-state index contributed by atoms with van der Waals surface area (Å²) in [4.78, 5) is 26.7. The molecule has 2 aromatic carbocycles. The molecular weight excluding hydrogens is 435 g/mol. The highest BCUT2D eigenvalue weighted by atomic mass is 19.1. The van der Waals surface area contributed by atoms with E-state index in [0.717, 1.165) is 18.2 Å². The number of ether oxygens (including phenoxy) is 1. The Balaban J connectivity index is 1.74. The van der Waals surface area contributed by atoms with Crippen LogP contribution in [0.2, 0.25) is 0 Å². The molecule has 2 aliphatic rings. The molecule has 3 atom stereocenters. The standard InChI is InChI=1S/C24H26F3N3O3/c1-3-28-23(32)30-11-14(2)24(13-33-12-21(31)29-24)20(30)9-15-5-4-6-19(22(15)27)16-7-17(25)10-18(26)8-16/h4-8,10,14,20H,3,9,11-13H2,1-2H3,(H,28,32)(H,29,31)/t14-,20-,24-/m1/s1. The topological polar surface area (TPSA) is 70.7 Å². The van der Waals surface area contributed by atoms with Crippen LogP contribution in [0.3, 0.4) is 0 Å². The Morgan fingerprint density at radius 2 is 1.97 bits per heavy atom. The second-order valence-electron chi connectivity index (χ2n) is 8.63.